The Bertz CT molecular complexity index is 375. The minimum Gasteiger partial charge on any atom is -0.481 e. The molecule has 6 heteroatoms. The Hall–Kier alpha value is -1.43. The SMILES string of the molecule is CCC1(CC)CC(=O)N(CC(CC(=O)O)OC)C1=O. The molecular formula is C13H21NO5. The Balaban J connectivity index is 2.81. The Morgan fingerprint density at radius 1 is 1.42 bits per heavy atom. The minimum atomic E-state index is -1.01. The van der Waals surface area contributed by atoms with E-state index < -0.39 is 17.5 Å². The number of carbonyl (C=O) groups is 3. The number of methoxy groups -OCH3 is 1. The largest absolute Gasteiger partial charge is 0.481 e. The maximum Gasteiger partial charge on any atom is 0.306 e. The molecule has 1 N–H and O–H groups in total. The average Bonchev–Trinajstić information content (AvgIpc) is 2.61. The first-order valence-electron chi connectivity index (χ1n) is 6.49. The van der Waals surface area contributed by atoms with Gasteiger partial charge in [0.05, 0.1) is 24.5 Å². The molecular weight excluding hydrogens is 250 g/mol. The van der Waals surface area contributed by atoms with E-state index >= 15 is 0 Å². The fraction of sp³-hybridized carbons (Fsp3) is 0.769. The number of likely N-dealkylation sites (tertiary alicyclic amines) is 1. The maximum absolute atomic E-state index is 12.3. The molecule has 0 radical (unpaired) electrons. The number of carbonyl (C=O) groups excluding carboxylic acids is 2. The number of imide groups is 1. The lowest BCUT2D eigenvalue weighted by Crippen LogP contribution is -2.41. The zero-order valence-corrected chi connectivity index (χ0v) is 11.6. The number of carboxylic acid groups (broad SMARTS) is 1. The molecule has 108 valence electrons. The molecule has 0 saturated carbocycles. The van der Waals surface area contributed by atoms with Gasteiger partial charge in [0.2, 0.25) is 11.8 Å². The number of nitrogens with zero attached hydrogens (tertiary/aromatic N) is 1. The number of carboxylic acids is 1. The van der Waals surface area contributed by atoms with E-state index in [0.717, 1.165) is 4.90 Å². The van der Waals surface area contributed by atoms with Crippen molar-refractivity contribution in [2.75, 3.05) is 13.7 Å². The average molecular weight is 271 g/mol. The predicted octanol–water partition coefficient (Wildman–Crippen LogP) is 1.04. The van der Waals surface area contributed by atoms with Gasteiger partial charge in [-0.2, -0.15) is 0 Å². The molecule has 0 aromatic carbocycles. The van der Waals surface area contributed by atoms with Gasteiger partial charge in [-0.25, -0.2) is 0 Å². The molecule has 1 atom stereocenters. The highest BCUT2D eigenvalue weighted by Gasteiger charge is 2.49. The molecule has 1 fully saturated rings. The zero-order chi connectivity index (χ0) is 14.6. The molecule has 19 heavy (non-hydrogen) atoms. The van der Waals surface area contributed by atoms with Crippen LogP contribution < -0.4 is 0 Å². The van der Waals surface area contributed by atoms with Gasteiger partial charge in [-0.15, -0.1) is 0 Å². The molecule has 0 aromatic rings. The van der Waals surface area contributed by atoms with Gasteiger partial charge in [-0.05, 0) is 12.8 Å². The Morgan fingerprint density at radius 2 is 2.00 bits per heavy atom. The van der Waals surface area contributed by atoms with Crippen molar-refractivity contribution >= 4 is 17.8 Å². The molecule has 0 aliphatic carbocycles. The third-order valence-electron chi connectivity index (χ3n) is 3.96. The third kappa shape index (κ3) is 3.12. The van der Waals surface area contributed by atoms with Crippen LogP contribution in [0.25, 0.3) is 0 Å². The van der Waals surface area contributed by atoms with Gasteiger partial charge in [-0.1, -0.05) is 13.8 Å². The van der Waals surface area contributed by atoms with Crippen molar-refractivity contribution in [2.45, 2.75) is 45.6 Å². The number of rotatable bonds is 7. The number of aliphatic carboxylic acids is 1. The number of ether oxygens (including phenoxy) is 1. The van der Waals surface area contributed by atoms with Crippen LogP contribution in [0.1, 0.15) is 39.5 Å². The van der Waals surface area contributed by atoms with Gasteiger partial charge < -0.3 is 9.84 Å². The summed E-state index contributed by atoms with van der Waals surface area (Å²) in [7, 11) is 1.38. The molecule has 0 spiro atoms. The van der Waals surface area contributed by atoms with E-state index in [0.29, 0.717) is 12.8 Å². The van der Waals surface area contributed by atoms with Crippen LogP contribution in [0, 0.1) is 5.41 Å². The van der Waals surface area contributed by atoms with Crippen molar-refractivity contribution < 1.29 is 24.2 Å². The van der Waals surface area contributed by atoms with Crippen LogP contribution in [0.4, 0.5) is 0 Å². The number of amides is 2. The second-order valence-electron chi connectivity index (χ2n) is 4.93. The first kappa shape index (κ1) is 15.6. The van der Waals surface area contributed by atoms with Gasteiger partial charge in [-0.3, -0.25) is 19.3 Å². The van der Waals surface area contributed by atoms with Gasteiger partial charge in [0.1, 0.15) is 0 Å². The van der Waals surface area contributed by atoms with E-state index in [1.807, 2.05) is 13.8 Å². The fourth-order valence-corrected chi connectivity index (χ4v) is 2.47. The molecule has 1 saturated heterocycles. The van der Waals surface area contributed by atoms with Crippen LogP contribution in [0.2, 0.25) is 0 Å². The second-order valence-corrected chi connectivity index (χ2v) is 4.93. The summed E-state index contributed by atoms with van der Waals surface area (Å²) < 4.78 is 5.03. The van der Waals surface area contributed by atoms with E-state index in [1.54, 1.807) is 0 Å². The van der Waals surface area contributed by atoms with Crippen LogP contribution in [-0.4, -0.2) is 47.5 Å². The van der Waals surface area contributed by atoms with Crippen molar-refractivity contribution in [3.8, 4) is 0 Å². The monoisotopic (exact) mass is 271 g/mol. The first-order chi connectivity index (χ1) is 8.90. The fourth-order valence-electron chi connectivity index (χ4n) is 2.47. The molecule has 1 heterocycles. The zero-order valence-electron chi connectivity index (χ0n) is 11.6. The van der Waals surface area contributed by atoms with E-state index in [1.165, 1.54) is 7.11 Å². The minimum absolute atomic E-state index is 0.0161. The van der Waals surface area contributed by atoms with Crippen LogP contribution in [0.5, 0.6) is 0 Å². The van der Waals surface area contributed by atoms with E-state index in [4.69, 9.17) is 9.84 Å². The Kier molecular flexibility index (Phi) is 5.05. The lowest BCUT2D eigenvalue weighted by atomic mass is 9.81. The molecule has 2 amide bonds. The van der Waals surface area contributed by atoms with Crippen molar-refractivity contribution in [3.63, 3.8) is 0 Å². The van der Waals surface area contributed by atoms with Gasteiger partial charge in [0.25, 0.3) is 0 Å². The molecule has 1 unspecified atom stereocenters. The van der Waals surface area contributed by atoms with E-state index in [-0.39, 0.29) is 31.2 Å². The number of hydrogen-bond donors (Lipinski definition) is 1. The predicted molar refractivity (Wildman–Crippen MR) is 67.4 cm³/mol. The highest BCUT2D eigenvalue weighted by atomic mass is 16.5. The van der Waals surface area contributed by atoms with Crippen molar-refractivity contribution in [1.82, 2.24) is 4.90 Å². The molecule has 0 bridgehead atoms. The first-order valence-corrected chi connectivity index (χ1v) is 6.49. The van der Waals surface area contributed by atoms with Crippen LogP contribution in [0.15, 0.2) is 0 Å². The summed E-state index contributed by atoms with van der Waals surface area (Å²) in [5.41, 5.74) is -0.613. The Morgan fingerprint density at radius 3 is 2.37 bits per heavy atom. The summed E-state index contributed by atoms with van der Waals surface area (Å²) in [5.74, 6) is -1.45. The topological polar surface area (TPSA) is 83.9 Å². The molecule has 1 aliphatic rings. The number of hydrogen-bond acceptors (Lipinski definition) is 4. The van der Waals surface area contributed by atoms with Gasteiger partial charge in [0, 0.05) is 13.5 Å². The smallest absolute Gasteiger partial charge is 0.306 e. The van der Waals surface area contributed by atoms with Crippen molar-refractivity contribution in [3.05, 3.63) is 0 Å². The summed E-state index contributed by atoms with van der Waals surface area (Å²) in [6, 6.07) is 0. The highest BCUT2D eigenvalue weighted by molar-refractivity contribution is 6.05. The molecule has 0 aromatic heterocycles. The summed E-state index contributed by atoms with van der Waals surface area (Å²) >= 11 is 0. The van der Waals surface area contributed by atoms with Gasteiger partial charge in [0.15, 0.2) is 0 Å². The Labute approximate surface area is 112 Å². The van der Waals surface area contributed by atoms with E-state index in [2.05, 4.69) is 0 Å². The second kappa shape index (κ2) is 6.14. The summed E-state index contributed by atoms with van der Waals surface area (Å²) in [4.78, 5) is 36.1. The normalized spacial score (nSPS) is 19.8. The van der Waals surface area contributed by atoms with E-state index in [9.17, 15) is 14.4 Å². The molecule has 1 aliphatic heterocycles. The summed E-state index contributed by atoms with van der Waals surface area (Å²) in [5, 5.41) is 8.75. The third-order valence-corrected chi connectivity index (χ3v) is 3.96. The lowest BCUT2D eigenvalue weighted by Gasteiger charge is -2.25. The molecule has 6 nitrogen and oxygen atoms in total. The van der Waals surface area contributed by atoms with Gasteiger partial charge >= 0.3 is 5.97 Å². The molecule has 1 rings (SSSR count). The van der Waals surface area contributed by atoms with Crippen LogP contribution in [-0.2, 0) is 19.1 Å². The highest BCUT2D eigenvalue weighted by Crippen LogP contribution is 2.39. The summed E-state index contributed by atoms with van der Waals surface area (Å²) in [6.45, 7) is 3.80. The van der Waals surface area contributed by atoms with Crippen molar-refractivity contribution in [1.29, 1.82) is 0 Å². The standard InChI is InChI=1S/C13H21NO5/c1-4-13(5-2)7-10(15)14(12(13)18)8-9(19-3)6-11(16)17/h9H,4-8H2,1-3H3,(H,16,17). The maximum atomic E-state index is 12.3. The van der Waals surface area contributed by atoms with Crippen LogP contribution >= 0.6 is 0 Å². The van der Waals surface area contributed by atoms with Crippen molar-refractivity contribution in [2.24, 2.45) is 5.41 Å². The lowest BCUT2D eigenvalue weighted by molar-refractivity contribution is -0.147. The quantitative estimate of drug-likeness (QED) is 0.699. The summed E-state index contributed by atoms with van der Waals surface area (Å²) in [6.07, 6.45) is 0.554. The van der Waals surface area contributed by atoms with Crippen LogP contribution in [0.3, 0.4) is 0 Å².